The summed E-state index contributed by atoms with van der Waals surface area (Å²) in [6, 6.07) is 4.50. The van der Waals surface area contributed by atoms with Crippen LogP contribution in [0.25, 0.3) is 0 Å². The minimum absolute atomic E-state index is 0.0297. The Balaban J connectivity index is 2.14. The molecule has 0 radical (unpaired) electrons. The summed E-state index contributed by atoms with van der Waals surface area (Å²) < 4.78 is 32.6. The van der Waals surface area contributed by atoms with Crippen LogP contribution in [0, 0.1) is 0 Å². The Labute approximate surface area is 191 Å². The number of hydrogen-bond acceptors (Lipinski definition) is 9. The molecule has 1 aromatic heterocycles. The van der Waals surface area contributed by atoms with E-state index in [1.807, 2.05) is 0 Å². The fraction of sp³-hybridized carbons (Fsp3) is 0.478. The number of carbonyl (C=O) groups is 1. The lowest BCUT2D eigenvalue weighted by molar-refractivity contribution is -0.135. The highest BCUT2D eigenvalue weighted by Gasteiger charge is 2.30. The van der Waals surface area contributed by atoms with Gasteiger partial charge in [-0.2, -0.15) is 0 Å². The topological polar surface area (TPSA) is 117 Å². The summed E-state index contributed by atoms with van der Waals surface area (Å²) in [5.41, 5.74) is -0.0845. The van der Waals surface area contributed by atoms with Crippen LogP contribution < -0.4 is 19.6 Å². The Kier molecular flexibility index (Phi) is 8.18. The van der Waals surface area contributed by atoms with Crippen molar-refractivity contribution in [2.24, 2.45) is 0 Å². The average Bonchev–Trinajstić information content (AvgIpc) is 2.84. The van der Waals surface area contributed by atoms with Gasteiger partial charge in [0.15, 0.2) is 17.3 Å². The molecule has 1 aromatic carbocycles. The van der Waals surface area contributed by atoms with Crippen molar-refractivity contribution in [3.05, 3.63) is 45.5 Å². The van der Waals surface area contributed by atoms with Crippen LogP contribution in [0.5, 0.6) is 23.0 Å². The van der Waals surface area contributed by atoms with Crippen LogP contribution in [0.4, 0.5) is 0 Å². The molecule has 2 heterocycles. The van der Waals surface area contributed by atoms with Gasteiger partial charge < -0.3 is 38.1 Å². The van der Waals surface area contributed by atoms with Crippen molar-refractivity contribution in [2.75, 3.05) is 54.7 Å². The van der Waals surface area contributed by atoms with Crippen LogP contribution in [0.1, 0.15) is 29.4 Å². The lowest BCUT2D eigenvalue weighted by atomic mass is 9.90. The van der Waals surface area contributed by atoms with Gasteiger partial charge in [-0.25, -0.2) is 0 Å². The van der Waals surface area contributed by atoms with Gasteiger partial charge in [0.1, 0.15) is 12.4 Å². The third-order valence-corrected chi connectivity index (χ3v) is 5.43. The van der Waals surface area contributed by atoms with E-state index in [4.69, 9.17) is 28.1 Å². The summed E-state index contributed by atoms with van der Waals surface area (Å²) in [5, 5.41) is 10.6. The second-order valence-electron chi connectivity index (χ2n) is 7.43. The molecule has 1 fully saturated rings. The molecule has 0 unspecified atom stereocenters. The van der Waals surface area contributed by atoms with Gasteiger partial charge in [0.2, 0.25) is 22.8 Å². The van der Waals surface area contributed by atoms with Gasteiger partial charge in [0.25, 0.3) is 0 Å². The van der Waals surface area contributed by atoms with Crippen LogP contribution in [-0.2, 0) is 20.9 Å². The maximum atomic E-state index is 13.2. The van der Waals surface area contributed by atoms with Crippen molar-refractivity contribution < 1.29 is 38.0 Å². The number of aromatic hydroxyl groups is 1. The first-order valence-electron chi connectivity index (χ1n) is 10.4. The SMILES string of the molecule is COCc1cc(=O)c(O)c([C@@H](CC(=O)N2CCOCC2)c2cc(OC)c(OC)c(OC)c2)o1. The first kappa shape index (κ1) is 24.4. The van der Waals surface area contributed by atoms with E-state index in [1.54, 1.807) is 17.0 Å². The van der Waals surface area contributed by atoms with Gasteiger partial charge >= 0.3 is 0 Å². The maximum absolute atomic E-state index is 13.2. The van der Waals surface area contributed by atoms with Crippen molar-refractivity contribution >= 4 is 5.91 Å². The van der Waals surface area contributed by atoms with E-state index in [2.05, 4.69) is 0 Å². The van der Waals surface area contributed by atoms with Gasteiger partial charge in [-0.1, -0.05) is 0 Å². The first-order chi connectivity index (χ1) is 15.9. The molecule has 1 aliphatic heterocycles. The minimum Gasteiger partial charge on any atom is -0.502 e. The maximum Gasteiger partial charge on any atom is 0.227 e. The Morgan fingerprint density at radius 2 is 1.70 bits per heavy atom. The van der Waals surface area contributed by atoms with Gasteiger partial charge in [0, 0.05) is 32.7 Å². The number of carbonyl (C=O) groups excluding carboxylic acids is 1. The number of morpholine rings is 1. The first-order valence-corrected chi connectivity index (χ1v) is 10.4. The number of rotatable bonds is 9. The molecule has 0 saturated carbocycles. The molecule has 1 aliphatic rings. The highest BCUT2D eigenvalue weighted by molar-refractivity contribution is 5.78. The van der Waals surface area contributed by atoms with E-state index >= 15 is 0 Å². The van der Waals surface area contributed by atoms with Crippen LogP contribution in [0.3, 0.4) is 0 Å². The van der Waals surface area contributed by atoms with Gasteiger partial charge in [0.05, 0.1) is 40.5 Å². The van der Waals surface area contributed by atoms with Crippen molar-refractivity contribution in [2.45, 2.75) is 18.9 Å². The number of hydrogen-bond donors (Lipinski definition) is 1. The third kappa shape index (κ3) is 5.40. The van der Waals surface area contributed by atoms with Crippen LogP contribution in [0.2, 0.25) is 0 Å². The van der Waals surface area contributed by atoms with Crippen molar-refractivity contribution in [3.63, 3.8) is 0 Å². The molecule has 1 saturated heterocycles. The molecule has 180 valence electrons. The molecule has 1 N–H and O–H groups in total. The zero-order valence-electron chi connectivity index (χ0n) is 19.2. The molecule has 10 nitrogen and oxygen atoms in total. The Morgan fingerprint density at radius 3 is 2.24 bits per heavy atom. The van der Waals surface area contributed by atoms with Crippen molar-refractivity contribution in [1.29, 1.82) is 0 Å². The zero-order chi connectivity index (χ0) is 24.0. The quantitative estimate of drug-likeness (QED) is 0.595. The predicted molar refractivity (Wildman–Crippen MR) is 117 cm³/mol. The van der Waals surface area contributed by atoms with E-state index in [-0.39, 0.29) is 30.5 Å². The monoisotopic (exact) mass is 463 g/mol. The van der Waals surface area contributed by atoms with Crippen LogP contribution in [-0.4, -0.2) is 70.7 Å². The predicted octanol–water partition coefficient (Wildman–Crippen LogP) is 1.90. The Bertz CT molecular complexity index is 1000. The van der Waals surface area contributed by atoms with E-state index in [9.17, 15) is 14.7 Å². The molecule has 1 amide bonds. The average molecular weight is 463 g/mol. The van der Waals surface area contributed by atoms with E-state index in [0.717, 1.165) is 0 Å². The number of ether oxygens (including phenoxy) is 5. The van der Waals surface area contributed by atoms with Crippen LogP contribution in [0.15, 0.2) is 27.4 Å². The normalized spacial score (nSPS) is 14.6. The summed E-state index contributed by atoms with van der Waals surface area (Å²) in [4.78, 5) is 27.3. The minimum atomic E-state index is -0.807. The van der Waals surface area contributed by atoms with E-state index in [1.165, 1.54) is 34.5 Å². The van der Waals surface area contributed by atoms with Crippen molar-refractivity contribution in [3.8, 4) is 23.0 Å². The Morgan fingerprint density at radius 1 is 1.06 bits per heavy atom. The number of amides is 1. The molecular formula is C23H29NO9. The Hall–Kier alpha value is -3.24. The summed E-state index contributed by atoms with van der Waals surface area (Å²) in [6.07, 6.45) is -0.0639. The highest BCUT2D eigenvalue weighted by atomic mass is 16.5. The standard InChI is InChI=1S/C23H29NO9/c1-28-13-15-11-17(25)21(27)22(33-15)16(12-20(26)24-5-7-32-8-6-24)14-9-18(29-2)23(31-4)19(10-14)30-3/h9-11,16,27H,5-8,12-13H2,1-4H3/t16-/m0/s1. The van der Waals surface area contributed by atoms with Gasteiger partial charge in [-0.15, -0.1) is 0 Å². The molecule has 3 rings (SSSR count). The fourth-order valence-corrected chi connectivity index (χ4v) is 3.79. The molecule has 2 aromatic rings. The smallest absolute Gasteiger partial charge is 0.227 e. The molecule has 0 spiro atoms. The van der Waals surface area contributed by atoms with E-state index < -0.39 is 17.1 Å². The fourth-order valence-electron chi connectivity index (χ4n) is 3.79. The molecular weight excluding hydrogens is 434 g/mol. The largest absolute Gasteiger partial charge is 0.502 e. The molecule has 0 aliphatic carbocycles. The van der Waals surface area contributed by atoms with Gasteiger partial charge in [-0.3, -0.25) is 9.59 Å². The number of nitrogens with zero attached hydrogens (tertiary/aromatic N) is 1. The summed E-state index contributed by atoms with van der Waals surface area (Å²) in [7, 11) is 5.90. The molecule has 1 atom stereocenters. The van der Waals surface area contributed by atoms with Gasteiger partial charge in [-0.05, 0) is 17.7 Å². The van der Waals surface area contributed by atoms with Crippen molar-refractivity contribution in [1.82, 2.24) is 4.90 Å². The molecule has 10 heteroatoms. The molecule has 33 heavy (non-hydrogen) atoms. The number of benzene rings is 1. The lowest BCUT2D eigenvalue weighted by Crippen LogP contribution is -2.41. The van der Waals surface area contributed by atoms with E-state index in [0.29, 0.717) is 49.1 Å². The summed E-state index contributed by atoms with van der Waals surface area (Å²) in [5.74, 6) is -0.243. The zero-order valence-corrected chi connectivity index (χ0v) is 19.2. The lowest BCUT2D eigenvalue weighted by Gasteiger charge is -2.29. The third-order valence-electron chi connectivity index (χ3n) is 5.43. The summed E-state index contributed by atoms with van der Waals surface area (Å²) >= 11 is 0. The highest BCUT2D eigenvalue weighted by Crippen LogP contribution is 2.43. The second-order valence-corrected chi connectivity index (χ2v) is 7.43. The van der Waals surface area contributed by atoms with Crippen LogP contribution >= 0.6 is 0 Å². The summed E-state index contributed by atoms with van der Waals surface area (Å²) in [6.45, 7) is 1.84. The second kappa shape index (κ2) is 11.1. The number of methoxy groups -OCH3 is 4. The molecule has 0 bridgehead atoms.